The van der Waals surface area contributed by atoms with Crippen LogP contribution in [-0.2, 0) is 16.0 Å². The van der Waals surface area contributed by atoms with Gasteiger partial charge in [0.25, 0.3) is 0 Å². The average molecular weight is 205 g/mol. The molecule has 3 nitrogen and oxygen atoms in total. The predicted octanol–water partition coefficient (Wildman–Crippen LogP) is 1.63. The fraction of sp³-hybridized carbons (Fsp3) is 0.250. The van der Waals surface area contributed by atoms with Crippen LogP contribution in [0.3, 0.4) is 0 Å². The number of benzene rings is 1. The fourth-order valence-electron chi connectivity index (χ4n) is 1.17. The predicted molar refractivity (Wildman–Crippen MR) is 59.0 cm³/mol. The smallest absolute Gasteiger partial charge is 0.328 e. The van der Waals surface area contributed by atoms with Crippen molar-refractivity contribution in [2.24, 2.45) is 5.73 Å². The quantitative estimate of drug-likeness (QED) is 0.600. The fourth-order valence-corrected chi connectivity index (χ4v) is 1.17. The van der Waals surface area contributed by atoms with Gasteiger partial charge in [0.1, 0.15) is 6.04 Å². The van der Waals surface area contributed by atoms with Crippen molar-refractivity contribution in [1.82, 2.24) is 0 Å². The van der Waals surface area contributed by atoms with Crippen LogP contribution in [0, 0.1) is 0 Å². The third kappa shape index (κ3) is 3.95. The normalized spacial score (nSPS) is 12.7. The number of hydrogen-bond acceptors (Lipinski definition) is 3. The molecule has 0 aliphatic heterocycles. The summed E-state index contributed by atoms with van der Waals surface area (Å²) in [6.07, 6.45) is 3.48. The van der Waals surface area contributed by atoms with Crippen molar-refractivity contribution in [2.45, 2.75) is 19.4 Å². The topological polar surface area (TPSA) is 52.3 Å². The Balaban J connectivity index is 2.48. The van der Waals surface area contributed by atoms with Gasteiger partial charge < -0.3 is 10.5 Å². The summed E-state index contributed by atoms with van der Waals surface area (Å²) >= 11 is 0. The summed E-state index contributed by atoms with van der Waals surface area (Å²) < 4.78 is 4.78. The SMILES string of the molecule is C/C=C/OC(=O)C(N)Cc1ccccc1. The van der Waals surface area contributed by atoms with E-state index in [1.807, 2.05) is 30.3 Å². The van der Waals surface area contributed by atoms with Gasteiger partial charge in [-0.05, 0) is 18.9 Å². The van der Waals surface area contributed by atoms with Crippen molar-refractivity contribution < 1.29 is 9.53 Å². The van der Waals surface area contributed by atoms with Gasteiger partial charge in [-0.15, -0.1) is 0 Å². The minimum Gasteiger partial charge on any atom is -0.434 e. The van der Waals surface area contributed by atoms with Crippen LogP contribution in [0.2, 0.25) is 0 Å². The van der Waals surface area contributed by atoms with Crippen LogP contribution in [0.1, 0.15) is 12.5 Å². The second-order valence-corrected chi connectivity index (χ2v) is 3.20. The number of carbonyl (C=O) groups is 1. The van der Waals surface area contributed by atoms with E-state index in [0.29, 0.717) is 6.42 Å². The summed E-state index contributed by atoms with van der Waals surface area (Å²) in [6.45, 7) is 1.77. The molecule has 0 aliphatic carbocycles. The van der Waals surface area contributed by atoms with E-state index in [9.17, 15) is 4.79 Å². The molecule has 0 bridgehead atoms. The van der Waals surface area contributed by atoms with E-state index >= 15 is 0 Å². The second-order valence-electron chi connectivity index (χ2n) is 3.20. The van der Waals surface area contributed by atoms with Crippen LogP contribution in [0.5, 0.6) is 0 Å². The monoisotopic (exact) mass is 205 g/mol. The van der Waals surface area contributed by atoms with E-state index in [1.165, 1.54) is 6.26 Å². The molecule has 3 heteroatoms. The molecule has 1 rings (SSSR count). The van der Waals surface area contributed by atoms with Gasteiger partial charge in [0, 0.05) is 0 Å². The van der Waals surface area contributed by atoms with Gasteiger partial charge in [0.15, 0.2) is 0 Å². The van der Waals surface area contributed by atoms with Crippen molar-refractivity contribution in [3.63, 3.8) is 0 Å². The van der Waals surface area contributed by atoms with Crippen LogP contribution < -0.4 is 5.73 Å². The maximum atomic E-state index is 11.3. The zero-order valence-corrected chi connectivity index (χ0v) is 8.72. The highest BCUT2D eigenvalue weighted by atomic mass is 16.5. The van der Waals surface area contributed by atoms with Crippen molar-refractivity contribution in [3.8, 4) is 0 Å². The van der Waals surface area contributed by atoms with E-state index < -0.39 is 12.0 Å². The number of ether oxygens (including phenoxy) is 1. The van der Waals surface area contributed by atoms with Crippen LogP contribution in [-0.4, -0.2) is 12.0 Å². The number of nitrogens with two attached hydrogens (primary N) is 1. The van der Waals surface area contributed by atoms with E-state index in [-0.39, 0.29) is 0 Å². The third-order valence-electron chi connectivity index (χ3n) is 1.92. The molecule has 1 aromatic carbocycles. The first-order valence-corrected chi connectivity index (χ1v) is 4.85. The van der Waals surface area contributed by atoms with Crippen molar-refractivity contribution in [2.75, 3.05) is 0 Å². The largest absolute Gasteiger partial charge is 0.434 e. The van der Waals surface area contributed by atoms with Gasteiger partial charge in [-0.25, -0.2) is 4.79 Å². The minimum atomic E-state index is -0.608. The molecule has 0 heterocycles. The molecular weight excluding hydrogens is 190 g/mol. The van der Waals surface area contributed by atoms with Gasteiger partial charge in [-0.2, -0.15) is 0 Å². The standard InChI is InChI=1S/C12H15NO2/c1-2-8-15-12(14)11(13)9-10-6-4-3-5-7-10/h2-8,11H,9,13H2,1H3/b8-2+. The number of carbonyl (C=O) groups excluding carboxylic acids is 1. The highest BCUT2D eigenvalue weighted by Crippen LogP contribution is 2.02. The molecule has 0 saturated carbocycles. The summed E-state index contributed by atoms with van der Waals surface area (Å²) in [7, 11) is 0. The Hall–Kier alpha value is -1.61. The van der Waals surface area contributed by atoms with Gasteiger partial charge in [-0.1, -0.05) is 36.4 Å². The molecule has 0 spiro atoms. The molecule has 1 unspecified atom stereocenters. The lowest BCUT2D eigenvalue weighted by Gasteiger charge is -2.08. The Morgan fingerprint density at radius 2 is 2.13 bits per heavy atom. The summed E-state index contributed by atoms with van der Waals surface area (Å²) in [5.41, 5.74) is 6.71. The van der Waals surface area contributed by atoms with Crippen LogP contribution >= 0.6 is 0 Å². The van der Waals surface area contributed by atoms with Crippen molar-refractivity contribution in [3.05, 3.63) is 48.2 Å². The Labute approximate surface area is 89.5 Å². The summed E-state index contributed by atoms with van der Waals surface area (Å²) in [4.78, 5) is 11.3. The van der Waals surface area contributed by atoms with Crippen LogP contribution in [0.15, 0.2) is 42.7 Å². The maximum Gasteiger partial charge on any atom is 0.328 e. The summed E-state index contributed by atoms with van der Waals surface area (Å²) in [6, 6.07) is 9.01. The molecule has 0 aromatic heterocycles. The first-order chi connectivity index (χ1) is 7.24. The van der Waals surface area contributed by atoms with E-state index in [0.717, 1.165) is 5.56 Å². The van der Waals surface area contributed by atoms with Gasteiger partial charge in [-0.3, -0.25) is 0 Å². The molecule has 0 saturated heterocycles. The third-order valence-corrected chi connectivity index (χ3v) is 1.92. The summed E-state index contributed by atoms with van der Waals surface area (Å²) in [5, 5.41) is 0. The average Bonchev–Trinajstić information content (AvgIpc) is 2.27. The Morgan fingerprint density at radius 1 is 1.47 bits per heavy atom. The molecule has 0 amide bonds. The Bertz CT molecular complexity index is 333. The van der Waals surface area contributed by atoms with E-state index in [4.69, 9.17) is 10.5 Å². The zero-order valence-electron chi connectivity index (χ0n) is 8.72. The molecular formula is C12H15NO2. The molecule has 1 aromatic rings. The second kappa shape index (κ2) is 5.98. The van der Waals surface area contributed by atoms with Crippen LogP contribution in [0.25, 0.3) is 0 Å². The first-order valence-electron chi connectivity index (χ1n) is 4.85. The molecule has 15 heavy (non-hydrogen) atoms. The highest BCUT2D eigenvalue weighted by Gasteiger charge is 2.14. The lowest BCUT2D eigenvalue weighted by atomic mass is 10.1. The van der Waals surface area contributed by atoms with Crippen molar-refractivity contribution >= 4 is 5.97 Å². The van der Waals surface area contributed by atoms with E-state index in [2.05, 4.69) is 0 Å². The Morgan fingerprint density at radius 3 is 2.73 bits per heavy atom. The lowest BCUT2D eigenvalue weighted by molar-refractivity contribution is -0.139. The van der Waals surface area contributed by atoms with Crippen LogP contribution in [0.4, 0.5) is 0 Å². The maximum absolute atomic E-state index is 11.3. The number of allylic oxidation sites excluding steroid dienone is 1. The number of hydrogen-bond donors (Lipinski definition) is 1. The van der Waals surface area contributed by atoms with E-state index in [1.54, 1.807) is 13.0 Å². The van der Waals surface area contributed by atoms with Crippen molar-refractivity contribution in [1.29, 1.82) is 0 Å². The summed E-state index contributed by atoms with van der Waals surface area (Å²) in [5.74, 6) is -0.406. The molecule has 0 aliphatic rings. The molecule has 80 valence electrons. The lowest BCUT2D eigenvalue weighted by Crippen LogP contribution is -2.33. The zero-order chi connectivity index (χ0) is 11.1. The molecule has 0 radical (unpaired) electrons. The molecule has 1 atom stereocenters. The molecule has 0 fully saturated rings. The number of rotatable bonds is 4. The van der Waals surface area contributed by atoms with Gasteiger partial charge in [0.2, 0.25) is 0 Å². The molecule has 2 N–H and O–H groups in total. The highest BCUT2D eigenvalue weighted by molar-refractivity contribution is 5.76. The minimum absolute atomic E-state index is 0.406. The Kier molecular flexibility index (Phi) is 4.57. The van der Waals surface area contributed by atoms with Gasteiger partial charge in [0.05, 0.1) is 6.26 Å². The first kappa shape index (κ1) is 11.5. The number of esters is 1. The van der Waals surface area contributed by atoms with Gasteiger partial charge >= 0.3 is 5.97 Å².